The molecule has 5 nitrogen and oxygen atoms in total. The first kappa shape index (κ1) is 26.1. The Kier molecular flexibility index (Phi) is 14.6. The van der Waals surface area contributed by atoms with Gasteiger partial charge in [-0.15, -0.1) is 0 Å². The predicted molar refractivity (Wildman–Crippen MR) is 128 cm³/mol. The van der Waals surface area contributed by atoms with Gasteiger partial charge in [-0.05, 0) is 30.8 Å². The lowest BCUT2D eigenvalue weighted by atomic mass is 10.0. The van der Waals surface area contributed by atoms with E-state index in [9.17, 15) is 14.7 Å². The number of aromatic carboxylic acids is 1. The third kappa shape index (κ3) is 12.6. The van der Waals surface area contributed by atoms with Crippen LogP contribution in [0.2, 0.25) is 0 Å². The quantitative estimate of drug-likeness (QED) is 0.200. The third-order valence-electron chi connectivity index (χ3n) is 5.17. The second kappa shape index (κ2) is 16.8. The SMILES string of the molecule is CCCCCCCCCCCCCCCC(=O)NC(=S)Nc1ccccc1C(=O)O. The summed E-state index contributed by atoms with van der Waals surface area (Å²) in [5, 5.41) is 14.7. The van der Waals surface area contributed by atoms with E-state index < -0.39 is 5.97 Å². The Hall–Kier alpha value is -1.95. The van der Waals surface area contributed by atoms with Gasteiger partial charge in [0.15, 0.2) is 5.11 Å². The normalized spacial score (nSPS) is 10.6. The maximum absolute atomic E-state index is 12.0. The summed E-state index contributed by atoms with van der Waals surface area (Å²) in [6.45, 7) is 2.25. The number of para-hydroxylation sites is 1. The fraction of sp³-hybridized carbons (Fsp3) is 0.625. The Morgan fingerprint density at radius 3 is 1.87 bits per heavy atom. The minimum Gasteiger partial charge on any atom is -0.478 e. The van der Waals surface area contributed by atoms with Crippen LogP contribution in [0.4, 0.5) is 5.69 Å². The minimum absolute atomic E-state index is 0.116. The zero-order chi connectivity index (χ0) is 22.0. The molecule has 0 bridgehead atoms. The second-order valence-corrected chi connectivity index (χ2v) is 8.25. The van der Waals surface area contributed by atoms with Crippen molar-refractivity contribution in [2.45, 2.75) is 96.8 Å². The van der Waals surface area contributed by atoms with Crippen LogP contribution >= 0.6 is 12.2 Å². The highest BCUT2D eigenvalue weighted by Gasteiger charge is 2.11. The zero-order valence-electron chi connectivity index (χ0n) is 18.4. The van der Waals surface area contributed by atoms with Gasteiger partial charge >= 0.3 is 5.97 Å². The van der Waals surface area contributed by atoms with E-state index in [1.54, 1.807) is 18.2 Å². The number of carboxylic acid groups (broad SMARTS) is 1. The zero-order valence-corrected chi connectivity index (χ0v) is 19.2. The number of unbranched alkanes of at least 4 members (excludes halogenated alkanes) is 12. The van der Waals surface area contributed by atoms with Gasteiger partial charge in [0.1, 0.15) is 0 Å². The number of amides is 1. The van der Waals surface area contributed by atoms with Crippen molar-refractivity contribution in [1.82, 2.24) is 5.32 Å². The molecule has 168 valence electrons. The van der Waals surface area contributed by atoms with E-state index in [0.717, 1.165) is 12.8 Å². The lowest BCUT2D eigenvalue weighted by Crippen LogP contribution is -2.34. The average Bonchev–Trinajstić information content (AvgIpc) is 2.71. The first-order valence-electron chi connectivity index (χ1n) is 11.5. The third-order valence-corrected chi connectivity index (χ3v) is 5.37. The van der Waals surface area contributed by atoms with Crippen molar-refractivity contribution in [3.8, 4) is 0 Å². The number of carbonyl (C=O) groups is 2. The Bertz CT molecular complexity index is 649. The molecule has 0 aliphatic carbocycles. The van der Waals surface area contributed by atoms with E-state index in [2.05, 4.69) is 17.6 Å². The number of carbonyl (C=O) groups excluding carboxylic acids is 1. The van der Waals surface area contributed by atoms with Gasteiger partial charge in [-0.25, -0.2) is 4.79 Å². The highest BCUT2D eigenvalue weighted by Crippen LogP contribution is 2.15. The second-order valence-electron chi connectivity index (χ2n) is 7.85. The fourth-order valence-corrected chi connectivity index (χ4v) is 3.65. The number of benzene rings is 1. The number of anilines is 1. The first-order valence-corrected chi connectivity index (χ1v) is 11.9. The van der Waals surface area contributed by atoms with Crippen molar-refractivity contribution in [2.75, 3.05) is 5.32 Å². The van der Waals surface area contributed by atoms with Crippen molar-refractivity contribution in [3.63, 3.8) is 0 Å². The number of hydrogen-bond donors (Lipinski definition) is 3. The number of nitrogens with one attached hydrogen (secondary N) is 2. The smallest absolute Gasteiger partial charge is 0.337 e. The van der Waals surface area contributed by atoms with E-state index in [4.69, 9.17) is 12.2 Å². The predicted octanol–water partition coefficient (Wildman–Crippen LogP) is 6.68. The molecule has 0 aliphatic heterocycles. The molecule has 1 aromatic carbocycles. The molecular weight excluding hydrogens is 396 g/mol. The maximum Gasteiger partial charge on any atom is 0.337 e. The molecule has 0 spiro atoms. The molecule has 0 atom stereocenters. The van der Waals surface area contributed by atoms with Crippen LogP contribution in [0.25, 0.3) is 0 Å². The van der Waals surface area contributed by atoms with Crippen LogP contribution in [0.3, 0.4) is 0 Å². The van der Waals surface area contributed by atoms with Crippen molar-refractivity contribution in [2.24, 2.45) is 0 Å². The Morgan fingerprint density at radius 1 is 0.833 bits per heavy atom. The molecule has 30 heavy (non-hydrogen) atoms. The summed E-state index contributed by atoms with van der Waals surface area (Å²) >= 11 is 5.12. The van der Waals surface area contributed by atoms with Crippen LogP contribution in [0.5, 0.6) is 0 Å². The van der Waals surface area contributed by atoms with Gasteiger partial charge in [-0.3, -0.25) is 4.79 Å². The van der Waals surface area contributed by atoms with E-state index in [1.165, 1.54) is 76.7 Å². The van der Waals surface area contributed by atoms with Gasteiger partial charge < -0.3 is 15.7 Å². The molecule has 0 radical (unpaired) electrons. The molecule has 0 unspecified atom stereocenters. The molecule has 0 saturated carbocycles. The fourth-order valence-electron chi connectivity index (χ4n) is 3.42. The Balaban J connectivity index is 2.02. The van der Waals surface area contributed by atoms with E-state index in [0.29, 0.717) is 12.1 Å². The summed E-state index contributed by atoms with van der Waals surface area (Å²) in [5.74, 6) is -1.18. The van der Waals surface area contributed by atoms with Gasteiger partial charge in [-0.1, -0.05) is 96.1 Å². The van der Waals surface area contributed by atoms with Crippen LogP contribution in [-0.4, -0.2) is 22.1 Å². The van der Waals surface area contributed by atoms with Crippen molar-refractivity contribution in [1.29, 1.82) is 0 Å². The molecule has 0 aliphatic rings. The van der Waals surface area contributed by atoms with Gasteiger partial charge in [0.2, 0.25) is 5.91 Å². The molecule has 0 heterocycles. The number of carboxylic acids is 1. The van der Waals surface area contributed by atoms with Crippen LogP contribution in [0.15, 0.2) is 24.3 Å². The topological polar surface area (TPSA) is 78.4 Å². The van der Waals surface area contributed by atoms with Crippen molar-refractivity contribution >= 4 is 34.9 Å². The monoisotopic (exact) mass is 434 g/mol. The lowest BCUT2D eigenvalue weighted by Gasteiger charge is -2.11. The summed E-state index contributed by atoms with van der Waals surface area (Å²) in [6.07, 6.45) is 16.9. The summed E-state index contributed by atoms with van der Waals surface area (Å²) < 4.78 is 0. The van der Waals surface area contributed by atoms with E-state index in [1.807, 2.05) is 0 Å². The Labute approximate surface area is 187 Å². The van der Waals surface area contributed by atoms with Crippen LogP contribution in [0.1, 0.15) is 107 Å². The summed E-state index contributed by atoms with van der Waals surface area (Å²) in [5.41, 5.74) is 0.488. The van der Waals surface area contributed by atoms with Gasteiger partial charge in [0, 0.05) is 6.42 Å². The van der Waals surface area contributed by atoms with E-state index >= 15 is 0 Å². The molecule has 1 rings (SSSR count). The lowest BCUT2D eigenvalue weighted by molar-refractivity contribution is -0.119. The molecule has 1 amide bonds. The van der Waals surface area contributed by atoms with Crippen LogP contribution in [-0.2, 0) is 4.79 Å². The minimum atomic E-state index is -1.04. The number of hydrogen-bond acceptors (Lipinski definition) is 3. The van der Waals surface area contributed by atoms with Crippen LogP contribution in [0, 0.1) is 0 Å². The Morgan fingerprint density at radius 2 is 1.33 bits per heavy atom. The molecule has 0 aromatic heterocycles. The number of thiocarbonyl (C=S) groups is 1. The van der Waals surface area contributed by atoms with Crippen LogP contribution < -0.4 is 10.6 Å². The molecular formula is C24H38N2O3S. The molecule has 6 heteroatoms. The molecule has 3 N–H and O–H groups in total. The number of rotatable bonds is 16. The largest absolute Gasteiger partial charge is 0.478 e. The van der Waals surface area contributed by atoms with E-state index in [-0.39, 0.29) is 16.6 Å². The average molecular weight is 435 g/mol. The summed E-state index contributed by atoms with van der Waals surface area (Å²) in [4.78, 5) is 23.2. The highest BCUT2D eigenvalue weighted by atomic mass is 32.1. The van der Waals surface area contributed by atoms with Gasteiger partial charge in [-0.2, -0.15) is 0 Å². The molecule has 0 saturated heterocycles. The molecule has 1 aromatic rings. The first-order chi connectivity index (χ1) is 14.5. The van der Waals surface area contributed by atoms with Gasteiger partial charge in [0.25, 0.3) is 0 Å². The standard InChI is InChI=1S/C24H38N2O3S/c1-2-3-4-5-6-7-8-9-10-11-12-13-14-19-22(27)26-24(30)25-21-18-16-15-17-20(21)23(28)29/h15-18H,2-14,19H2,1H3,(H,28,29)(H2,25,26,27,30). The van der Waals surface area contributed by atoms with Crippen molar-refractivity contribution < 1.29 is 14.7 Å². The maximum atomic E-state index is 12.0. The molecule has 0 fully saturated rings. The summed E-state index contributed by atoms with van der Waals surface area (Å²) in [6, 6.07) is 6.47. The summed E-state index contributed by atoms with van der Waals surface area (Å²) in [7, 11) is 0. The van der Waals surface area contributed by atoms with Gasteiger partial charge in [0.05, 0.1) is 11.3 Å². The van der Waals surface area contributed by atoms with Crippen molar-refractivity contribution in [3.05, 3.63) is 29.8 Å². The highest BCUT2D eigenvalue weighted by molar-refractivity contribution is 7.80.